The number of hydrogen-bond donors (Lipinski definition) is 2. The molecule has 1 rings (SSSR count). The summed E-state index contributed by atoms with van der Waals surface area (Å²) in [6.45, 7) is 7.14. The maximum absolute atomic E-state index is 11.8. The maximum Gasteiger partial charge on any atom is 0.341 e. The number of guanidine groups is 1. The molecule has 0 bridgehead atoms. The predicted octanol–water partition coefficient (Wildman–Crippen LogP) is 1.57. The van der Waals surface area contributed by atoms with E-state index >= 15 is 0 Å². The number of benzene rings is 1. The molecule has 0 unspecified atom stereocenters. The zero-order chi connectivity index (χ0) is 17.8. The number of ether oxygens (including phenoxy) is 3. The molecule has 1 aromatic rings. The third-order valence-corrected chi connectivity index (χ3v) is 3.18. The maximum atomic E-state index is 11.8. The zero-order valence-corrected chi connectivity index (χ0v) is 14.8. The Kier molecular flexibility index (Phi) is 9.29. The van der Waals surface area contributed by atoms with Crippen molar-refractivity contribution in [3.63, 3.8) is 0 Å². The number of nitrogens with one attached hydrogen (secondary N) is 2. The van der Waals surface area contributed by atoms with Gasteiger partial charge in [-0.2, -0.15) is 0 Å². The number of hydrogen-bond acceptors (Lipinski definition) is 5. The van der Waals surface area contributed by atoms with Gasteiger partial charge in [-0.15, -0.1) is 0 Å². The Morgan fingerprint density at radius 2 is 2.00 bits per heavy atom. The van der Waals surface area contributed by atoms with E-state index in [1.54, 1.807) is 12.1 Å². The van der Waals surface area contributed by atoms with Crippen molar-refractivity contribution in [2.75, 3.05) is 40.5 Å². The SMILES string of the molecule is CCNC(=NCc1ccc(OC)c(C(=O)OC)c1)NCCOCC. The van der Waals surface area contributed by atoms with Crippen LogP contribution in [0.5, 0.6) is 5.75 Å². The fourth-order valence-corrected chi connectivity index (χ4v) is 2.02. The summed E-state index contributed by atoms with van der Waals surface area (Å²) in [5.41, 5.74) is 1.28. The summed E-state index contributed by atoms with van der Waals surface area (Å²) in [5, 5.41) is 6.36. The minimum Gasteiger partial charge on any atom is -0.496 e. The lowest BCUT2D eigenvalue weighted by atomic mass is 10.1. The lowest BCUT2D eigenvalue weighted by Gasteiger charge is -2.12. The number of carbonyl (C=O) groups is 1. The molecule has 0 fully saturated rings. The van der Waals surface area contributed by atoms with Gasteiger partial charge in [0.1, 0.15) is 11.3 Å². The van der Waals surface area contributed by atoms with Gasteiger partial charge in [0.25, 0.3) is 0 Å². The summed E-state index contributed by atoms with van der Waals surface area (Å²) in [6, 6.07) is 5.35. The van der Waals surface area contributed by atoms with E-state index in [1.807, 2.05) is 19.9 Å². The summed E-state index contributed by atoms with van der Waals surface area (Å²) in [5.74, 6) is 0.753. The number of carbonyl (C=O) groups excluding carboxylic acids is 1. The van der Waals surface area contributed by atoms with Crippen LogP contribution in [0.15, 0.2) is 23.2 Å². The normalized spacial score (nSPS) is 11.1. The third kappa shape index (κ3) is 6.45. The van der Waals surface area contributed by atoms with Gasteiger partial charge in [0.05, 0.1) is 27.4 Å². The average molecular weight is 337 g/mol. The van der Waals surface area contributed by atoms with Crippen LogP contribution in [0.3, 0.4) is 0 Å². The molecule has 0 spiro atoms. The van der Waals surface area contributed by atoms with Crippen LogP contribution in [0, 0.1) is 0 Å². The standard InChI is InChI=1S/C17H27N3O4/c1-5-18-17(19-9-10-24-6-2)20-12-13-7-8-15(22-3)14(11-13)16(21)23-4/h7-8,11H,5-6,9-10,12H2,1-4H3,(H2,18,19,20). The topological polar surface area (TPSA) is 81.2 Å². The van der Waals surface area contributed by atoms with Gasteiger partial charge in [0.15, 0.2) is 5.96 Å². The molecule has 7 nitrogen and oxygen atoms in total. The monoisotopic (exact) mass is 337 g/mol. The van der Waals surface area contributed by atoms with Gasteiger partial charge in [-0.05, 0) is 31.5 Å². The van der Waals surface area contributed by atoms with E-state index in [4.69, 9.17) is 14.2 Å². The molecule has 0 amide bonds. The molecule has 1 aromatic carbocycles. The average Bonchev–Trinajstić information content (AvgIpc) is 2.62. The fourth-order valence-electron chi connectivity index (χ4n) is 2.02. The predicted molar refractivity (Wildman–Crippen MR) is 93.6 cm³/mol. The van der Waals surface area contributed by atoms with E-state index in [9.17, 15) is 4.79 Å². The molecular weight excluding hydrogens is 310 g/mol. The van der Waals surface area contributed by atoms with Crippen molar-refractivity contribution in [3.05, 3.63) is 29.3 Å². The van der Waals surface area contributed by atoms with Crippen LogP contribution < -0.4 is 15.4 Å². The highest BCUT2D eigenvalue weighted by Crippen LogP contribution is 2.21. The van der Waals surface area contributed by atoms with Crippen LogP contribution in [-0.4, -0.2) is 52.5 Å². The minimum absolute atomic E-state index is 0.391. The van der Waals surface area contributed by atoms with Crippen LogP contribution in [0.2, 0.25) is 0 Å². The van der Waals surface area contributed by atoms with E-state index in [1.165, 1.54) is 14.2 Å². The molecule has 0 radical (unpaired) electrons. The Hall–Kier alpha value is -2.28. The van der Waals surface area contributed by atoms with Crippen LogP contribution in [0.25, 0.3) is 0 Å². The molecule has 0 heterocycles. The number of aliphatic imine (C=N–C) groups is 1. The minimum atomic E-state index is -0.431. The van der Waals surface area contributed by atoms with E-state index in [0.29, 0.717) is 43.6 Å². The molecule has 0 aliphatic rings. The zero-order valence-electron chi connectivity index (χ0n) is 14.8. The quantitative estimate of drug-likeness (QED) is 0.308. The Labute approximate surface area is 143 Å². The lowest BCUT2D eigenvalue weighted by molar-refractivity contribution is 0.0597. The molecule has 0 saturated heterocycles. The summed E-state index contributed by atoms with van der Waals surface area (Å²) in [6.07, 6.45) is 0. The van der Waals surface area contributed by atoms with Crippen molar-refractivity contribution in [3.8, 4) is 5.75 Å². The van der Waals surface area contributed by atoms with Crippen molar-refractivity contribution in [2.45, 2.75) is 20.4 Å². The van der Waals surface area contributed by atoms with Crippen molar-refractivity contribution in [2.24, 2.45) is 4.99 Å². The highest BCUT2D eigenvalue weighted by atomic mass is 16.5. The highest BCUT2D eigenvalue weighted by molar-refractivity contribution is 5.92. The Bertz CT molecular complexity index is 547. The van der Waals surface area contributed by atoms with Crippen LogP contribution >= 0.6 is 0 Å². The molecule has 24 heavy (non-hydrogen) atoms. The molecule has 7 heteroatoms. The van der Waals surface area contributed by atoms with Gasteiger partial charge in [-0.25, -0.2) is 9.79 Å². The first kappa shape index (κ1) is 19.8. The second kappa shape index (κ2) is 11.3. The summed E-state index contributed by atoms with van der Waals surface area (Å²) in [7, 11) is 2.86. The van der Waals surface area contributed by atoms with Crippen molar-refractivity contribution >= 4 is 11.9 Å². The summed E-state index contributed by atoms with van der Waals surface area (Å²) >= 11 is 0. The first-order valence-corrected chi connectivity index (χ1v) is 8.01. The molecule has 2 N–H and O–H groups in total. The van der Waals surface area contributed by atoms with E-state index in [-0.39, 0.29) is 0 Å². The Morgan fingerprint density at radius 1 is 1.21 bits per heavy atom. The Balaban J connectivity index is 2.79. The van der Waals surface area contributed by atoms with E-state index in [0.717, 1.165) is 12.1 Å². The van der Waals surface area contributed by atoms with Crippen molar-refractivity contribution in [1.82, 2.24) is 10.6 Å². The van der Waals surface area contributed by atoms with E-state index in [2.05, 4.69) is 15.6 Å². The number of esters is 1. The van der Waals surface area contributed by atoms with Gasteiger partial charge in [0.2, 0.25) is 0 Å². The van der Waals surface area contributed by atoms with Crippen LogP contribution in [0.1, 0.15) is 29.8 Å². The first-order valence-electron chi connectivity index (χ1n) is 8.01. The third-order valence-electron chi connectivity index (χ3n) is 3.18. The second-order valence-corrected chi connectivity index (χ2v) is 4.85. The van der Waals surface area contributed by atoms with Crippen molar-refractivity contribution in [1.29, 1.82) is 0 Å². The number of nitrogens with zero attached hydrogens (tertiary/aromatic N) is 1. The number of rotatable bonds is 9. The van der Waals surface area contributed by atoms with Gasteiger partial charge >= 0.3 is 5.97 Å². The molecular formula is C17H27N3O4. The van der Waals surface area contributed by atoms with E-state index < -0.39 is 5.97 Å². The molecule has 0 saturated carbocycles. The fraction of sp³-hybridized carbons (Fsp3) is 0.529. The second-order valence-electron chi connectivity index (χ2n) is 4.85. The van der Waals surface area contributed by atoms with Gasteiger partial charge < -0.3 is 24.8 Å². The molecule has 0 aromatic heterocycles. The molecule has 0 atom stereocenters. The summed E-state index contributed by atoms with van der Waals surface area (Å²) in [4.78, 5) is 16.3. The van der Waals surface area contributed by atoms with Crippen LogP contribution in [-0.2, 0) is 16.0 Å². The lowest BCUT2D eigenvalue weighted by Crippen LogP contribution is -2.39. The van der Waals surface area contributed by atoms with Gasteiger partial charge in [-0.1, -0.05) is 6.07 Å². The smallest absolute Gasteiger partial charge is 0.341 e. The van der Waals surface area contributed by atoms with Crippen LogP contribution in [0.4, 0.5) is 0 Å². The Morgan fingerprint density at radius 3 is 2.62 bits per heavy atom. The molecule has 0 aliphatic heterocycles. The molecule has 134 valence electrons. The van der Waals surface area contributed by atoms with Crippen molar-refractivity contribution < 1.29 is 19.0 Å². The summed E-state index contributed by atoms with van der Waals surface area (Å²) < 4.78 is 15.3. The largest absolute Gasteiger partial charge is 0.496 e. The first-order chi connectivity index (χ1) is 11.7. The van der Waals surface area contributed by atoms with Gasteiger partial charge in [0, 0.05) is 19.7 Å². The number of methoxy groups -OCH3 is 2. The molecule has 0 aliphatic carbocycles. The highest BCUT2D eigenvalue weighted by Gasteiger charge is 2.13. The van der Waals surface area contributed by atoms with Gasteiger partial charge in [-0.3, -0.25) is 0 Å².